The average Bonchev–Trinajstić information content (AvgIpc) is 2.14. The maximum absolute atomic E-state index is 11.0. The predicted molar refractivity (Wildman–Crippen MR) is 51.0 cm³/mol. The van der Waals surface area contributed by atoms with Crippen molar-refractivity contribution in [2.45, 2.75) is 26.2 Å². The molecule has 0 fully saturated rings. The molecule has 0 aliphatic rings. The van der Waals surface area contributed by atoms with Gasteiger partial charge in [-0.3, -0.25) is 9.59 Å². The molecule has 5 nitrogen and oxygen atoms in total. The van der Waals surface area contributed by atoms with E-state index in [1.165, 1.54) is 0 Å². The fraction of sp³-hybridized carbons (Fsp3) is 0.778. The quantitative estimate of drug-likeness (QED) is 0.560. The number of hydrogen-bond donors (Lipinski definition) is 2. The highest BCUT2D eigenvalue weighted by atomic mass is 16.5. The Morgan fingerprint density at radius 2 is 2.07 bits per heavy atom. The topological polar surface area (TPSA) is 75.6 Å². The van der Waals surface area contributed by atoms with Crippen molar-refractivity contribution < 1.29 is 19.4 Å². The summed E-state index contributed by atoms with van der Waals surface area (Å²) in [6, 6.07) is 0. The molecule has 0 heterocycles. The van der Waals surface area contributed by atoms with Crippen LogP contribution in [0.15, 0.2) is 0 Å². The standard InChI is InChI=1S/C9H17NO4/c1-2-14-7-3-6-10-8(11)4-5-9(12)13/h2-7H2,1H3,(H,10,11)(H,12,13). The minimum Gasteiger partial charge on any atom is -0.481 e. The van der Waals surface area contributed by atoms with E-state index >= 15 is 0 Å². The summed E-state index contributed by atoms with van der Waals surface area (Å²) in [6.07, 6.45) is 0.688. The molecule has 0 aromatic rings. The minimum atomic E-state index is -0.950. The van der Waals surface area contributed by atoms with Gasteiger partial charge in [0.2, 0.25) is 5.91 Å². The Balaban J connectivity index is 3.22. The van der Waals surface area contributed by atoms with Gasteiger partial charge in [-0.05, 0) is 13.3 Å². The molecule has 14 heavy (non-hydrogen) atoms. The fourth-order valence-electron chi connectivity index (χ4n) is 0.855. The van der Waals surface area contributed by atoms with Crippen LogP contribution in [0.25, 0.3) is 0 Å². The monoisotopic (exact) mass is 203 g/mol. The SMILES string of the molecule is CCOCCCNC(=O)CCC(=O)O. The van der Waals surface area contributed by atoms with Crippen LogP contribution in [0.2, 0.25) is 0 Å². The molecule has 0 aromatic carbocycles. The molecule has 0 aromatic heterocycles. The number of rotatable bonds is 8. The molecule has 0 saturated carbocycles. The molecule has 0 rings (SSSR count). The van der Waals surface area contributed by atoms with Crippen molar-refractivity contribution in [1.29, 1.82) is 0 Å². The summed E-state index contributed by atoms with van der Waals surface area (Å²) in [5.74, 6) is -1.17. The number of carbonyl (C=O) groups excluding carboxylic acids is 1. The molecule has 1 amide bonds. The molecular formula is C9H17NO4. The zero-order valence-electron chi connectivity index (χ0n) is 8.41. The molecule has 0 aliphatic heterocycles. The van der Waals surface area contributed by atoms with Gasteiger partial charge in [0.05, 0.1) is 6.42 Å². The van der Waals surface area contributed by atoms with E-state index in [4.69, 9.17) is 9.84 Å². The number of carboxylic acid groups (broad SMARTS) is 1. The molecule has 0 saturated heterocycles. The summed E-state index contributed by atoms with van der Waals surface area (Å²) in [7, 11) is 0. The number of carboxylic acids is 1. The molecule has 0 atom stereocenters. The van der Waals surface area contributed by atoms with Gasteiger partial charge in [0.1, 0.15) is 0 Å². The number of amides is 1. The van der Waals surface area contributed by atoms with Gasteiger partial charge >= 0.3 is 5.97 Å². The molecule has 0 bridgehead atoms. The summed E-state index contributed by atoms with van der Waals surface area (Å²) in [5.41, 5.74) is 0. The summed E-state index contributed by atoms with van der Waals surface area (Å²) < 4.78 is 5.07. The maximum atomic E-state index is 11.0. The largest absolute Gasteiger partial charge is 0.481 e. The summed E-state index contributed by atoms with van der Waals surface area (Å²) in [4.78, 5) is 21.1. The highest BCUT2D eigenvalue weighted by molar-refractivity contribution is 5.80. The molecule has 0 unspecified atom stereocenters. The third kappa shape index (κ3) is 8.99. The second kappa shape index (κ2) is 8.50. The lowest BCUT2D eigenvalue weighted by Gasteiger charge is -2.03. The molecule has 0 radical (unpaired) electrons. The van der Waals surface area contributed by atoms with Crippen LogP contribution in [-0.4, -0.2) is 36.7 Å². The Morgan fingerprint density at radius 1 is 1.36 bits per heavy atom. The first kappa shape index (κ1) is 12.9. The first-order valence-electron chi connectivity index (χ1n) is 4.73. The molecule has 2 N–H and O–H groups in total. The van der Waals surface area contributed by atoms with Crippen molar-refractivity contribution in [3.05, 3.63) is 0 Å². The first-order chi connectivity index (χ1) is 6.66. The minimum absolute atomic E-state index is 0.0456. The second-order valence-corrected chi connectivity index (χ2v) is 2.79. The van der Waals surface area contributed by atoms with Crippen molar-refractivity contribution in [2.75, 3.05) is 19.8 Å². The fourth-order valence-corrected chi connectivity index (χ4v) is 0.855. The Morgan fingerprint density at radius 3 is 2.64 bits per heavy atom. The number of aliphatic carboxylic acids is 1. The van der Waals surface area contributed by atoms with Gasteiger partial charge in [-0.1, -0.05) is 0 Å². The predicted octanol–water partition coefficient (Wildman–Crippen LogP) is 0.394. The van der Waals surface area contributed by atoms with E-state index in [2.05, 4.69) is 5.32 Å². The van der Waals surface area contributed by atoms with E-state index in [1.807, 2.05) is 6.92 Å². The third-order valence-electron chi connectivity index (χ3n) is 1.56. The van der Waals surface area contributed by atoms with Crippen LogP contribution >= 0.6 is 0 Å². The normalized spacial score (nSPS) is 9.79. The first-order valence-corrected chi connectivity index (χ1v) is 4.73. The van der Waals surface area contributed by atoms with Crippen LogP contribution in [0.1, 0.15) is 26.2 Å². The number of carbonyl (C=O) groups is 2. The Bertz CT molecular complexity index is 182. The van der Waals surface area contributed by atoms with Crippen LogP contribution in [-0.2, 0) is 14.3 Å². The highest BCUT2D eigenvalue weighted by Crippen LogP contribution is 1.88. The lowest BCUT2D eigenvalue weighted by Crippen LogP contribution is -2.25. The molecule has 5 heteroatoms. The van der Waals surface area contributed by atoms with Gasteiger partial charge in [-0.15, -0.1) is 0 Å². The van der Waals surface area contributed by atoms with E-state index in [1.54, 1.807) is 0 Å². The van der Waals surface area contributed by atoms with E-state index in [9.17, 15) is 9.59 Å². The number of ether oxygens (including phenoxy) is 1. The second-order valence-electron chi connectivity index (χ2n) is 2.79. The molecular weight excluding hydrogens is 186 g/mol. The van der Waals surface area contributed by atoms with Gasteiger partial charge in [0.25, 0.3) is 0 Å². The zero-order chi connectivity index (χ0) is 10.8. The van der Waals surface area contributed by atoms with Crippen LogP contribution in [0, 0.1) is 0 Å². The van der Waals surface area contributed by atoms with E-state index in [0.717, 1.165) is 6.42 Å². The van der Waals surface area contributed by atoms with Crippen molar-refractivity contribution >= 4 is 11.9 Å². The third-order valence-corrected chi connectivity index (χ3v) is 1.56. The van der Waals surface area contributed by atoms with Gasteiger partial charge in [-0.25, -0.2) is 0 Å². The Kier molecular flexibility index (Phi) is 7.83. The molecule has 0 aliphatic carbocycles. The van der Waals surface area contributed by atoms with Gasteiger partial charge in [0, 0.05) is 26.2 Å². The summed E-state index contributed by atoms with van der Waals surface area (Å²) in [5, 5.41) is 10.9. The summed E-state index contributed by atoms with van der Waals surface area (Å²) in [6.45, 7) is 3.74. The van der Waals surface area contributed by atoms with E-state index in [0.29, 0.717) is 19.8 Å². The highest BCUT2D eigenvalue weighted by Gasteiger charge is 2.03. The van der Waals surface area contributed by atoms with E-state index < -0.39 is 5.97 Å². The Labute approximate surface area is 83.4 Å². The van der Waals surface area contributed by atoms with Crippen molar-refractivity contribution in [3.8, 4) is 0 Å². The van der Waals surface area contributed by atoms with Crippen LogP contribution < -0.4 is 5.32 Å². The smallest absolute Gasteiger partial charge is 0.303 e. The van der Waals surface area contributed by atoms with Gasteiger partial charge < -0.3 is 15.2 Å². The molecule has 82 valence electrons. The van der Waals surface area contributed by atoms with Gasteiger partial charge in [0.15, 0.2) is 0 Å². The van der Waals surface area contributed by atoms with Crippen molar-refractivity contribution in [1.82, 2.24) is 5.32 Å². The van der Waals surface area contributed by atoms with Crippen molar-refractivity contribution in [2.24, 2.45) is 0 Å². The lowest BCUT2D eigenvalue weighted by molar-refractivity contribution is -0.138. The van der Waals surface area contributed by atoms with Crippen LogP contribution in [0.3, 0.4) is 0 Å². The van der Waals surface area contributed by atoms with E-state index in [-0.39, 0.29) is 18.7 Å². The Hall–Kier alpha value is -1.10. The van der Waals surface area contributed by atoms with Crippen LogP contribution in [0.5, 0.6) is 0 Å². The van der Waals surface area contributed by atoms with Crippen LogP contribution in [0.4, 0.5) is 0 Å². The molecule has 0 spiro atoms. The van der Waals surface area contributed by atoms with Gasteiger partial charge in [-0.2, -0.15) is 0 Å². The zero-order valence-corrected chi connectivity index (χ0v) is 8.41. The summed E-state index contributed by atoms with van der Waals surface area (Å²) >= 11 is 0. The number of nitrogens with one attached hydrogen (secondary N) is 1. The number of hydrogen-bond acceptors (Lipinski definition) is 3. The lowest BCUT2D eigenvalue weighted by atomic mass is 10.3. The van der Waals surface area contributed by atoms with Crippen molar-refractivity contribution in [3.63, 3.8) is 0 Å². The maximum Gasteiger partial charge on any atom is 0.303 e. The average molecular weight is 203 g/mol.